The van der Waals surface area contributed by atoms with Crippen molar-refractivity contribution in [2.75, 3.05) is 14.1 Å². The molecule has 0 aliphatic carbocycles. The average molecular weight is 249 g/mol. The fourth-order valence-corrected chi connectivity index (χ4v) is 2.82. The number of fused-ring (bicyclic) bond motifs is 1. The molecule has 3 nitrogen and oxygen atoms in total. The Balaban J connectivity index is 2.65. The van der Waals surface area contributed by atoms with E-state index in [1.54, 1.807) is 19.0 Å². The van der Waals surface area contributed by atoms with Crippen LogP contribution in [0.4, 0.5) is 0 Å². The van der Waals surface area contributed by atoms with Gasteiger partial charge in [0, 0.05) is 0 Å². The first-order valence-corrected chi connectivity index (χ1v) is 6.52. The molecule has 0 amide bonds. The van der Waals surface area contributed by atoms with E-state index in [4.69, 9.17) is 0 Å². The minimum Gasteiger partial charge on any atom is -0.305 e. The van der Waals surface area contributed by atoms with Gasteiger partial charge >= 0.3 is 0 Å². The highest BCUT2D eigenvalue weighted by molar-refractivity contribution is 7.79. The molecule has 2 unspecified atom stereocenters. The van der Waals surface area contributed by atoms with Gasteiger partial charge in [-0.15, -0.1) is 0 Å². The van der Waals surface area contributed by atoms with Gasteiger partial charge in [0.15, 0.2) is 11.1 Å². The largest absolute Gasteiger partial charge is 0.305 e. The maximum absolute atomic E-state index is 11.5. The van der Waals surface area contributed by atoms with Crippen molar-refractivity contribution in [3.8, 4) is 0 Å². The highest BCUT2D eigenvalue weighted by Gasteiger charge is 2.21. The predicted octanol–water partition coefficient (Wildman–Crippen LogP) is 2.62. The molecule has 0 saturated carbocycles. The first kappa shape index (κ1) is 12.2. The molecule has 0 aromatic heterocycles. The second kappa shape index (κ2) is 4.96. The lowest BCUT2D eigenvalue weighted by Gasteiger charge is -2.22. The first-order chi connectivity index (χ1) is 8.11. The normalized spacial score (nSPS) is 15.1. The van der Waals surface area contributed by atoms with Crippen LogP contribution in [0.2, 0.25) is 0 Å². The van der Waals surface area contributed by atoms with Crippen molar-refractivity contribution in [1.82, 2.24) is 4.90 Å². The summed E-state index contributed by atoms with van der Waals surface area (Å²) in [6, 6.07) is 13.7. The molecular formula is C13H15NO2S. The van der Waals surface area contributed by atoms with E-state index in [9.17, 15) is 8.76 Å². The van der Waals surface area contributed by atoms with Crippen molar-refractivity contribution in [3.05, 3.63) is 48.0 Å². The van der Waals surface area contributed by atoms with Gasteiger partial charge in [0.2, 0.25) is 0 Å². The van der Waals surface area contributed by atoms with E-state index >= 15 is 0 Å². The minimum absolute atomic E-state index is 0.499. The van der Waals surface area contributed by atoms with Gasteiger partial charge in [0.25, 0.3) is 0 Å². The Labute approximate surface area is 103 Å². The summed E-state index contributed by atoms with van der Waals surface area (Å²) in [6.07, 6.45) is 0. The lowest BCUT2D eigenvalue weighted by Crippen LogP contribution is -2.23. The van der Waals surface area contributed by atoms with Crippen LogP contribution >= 0.6 is 0 Å². The van der Waals surface area contributed by atoms with Crippen LogP contribution in [0.25, 0.3) is 10.8 Å². The van der Waals surface area contributed by atoms with E-state index in [1.807, 2.05) is 42.5 Å². The topological polar surface area (TPSA) is 40.5 Å². The van der Waals surface area contributed by atoms with Crippen LogP contribution in [0, 0.1) is 0 Å². The van der Waals surface area contributed by atoms with Crippen molar-refractivity contribution in [3.63, 3.8) is 0 Å². The van der Waals surface area contributed by atoms with E-state index in [-0.39, 0.29) is 0 Å². The summed E-state index contributed by atoms with van der Waals surface area (Å²) < 4.78 is 20.9. The lowest BCUT2D eigenvalue weighted by molar-refractivity contribution is 0.366. The van der Waals surface area contributed by atoms with Crippen molar-refractivity contribution in [2.45, 2.75) is 5.37 Å². The third kappa shape index (κ3) is 2.39. The van der Waals surface area contributed by atoms with E-state index in [0.717, 1.165) is 16.3 Å². The van der Waals surface area contributed by atoms with Gasteiger partial charge in [0.1, 0.15) is 5.37 Å². The number of rotatable bonds is 3. The van der Waals surface area contributed by atoms with E-state index in [2.05, 4.69) is 0 Å². The lowest BCUT2D eigenvalue weighted by atomic mass is 10.0. The maximum atomic E-state index is 11.5. The molecule has 2 rings (SSSR count). The minimum atomic E-state index is -1.91. The number of benzene rings is 2. The Morgan fingerprint density at radius 3 is 2.41 bits per heavy atom. The molecule has 0 aliphatic heterocycles. The Morgan fingerprint density at radius 2 is 1.76 bits per heavy atom. The molecule has 0 heterocycles. The summed E-state index contributed by atoms with van der Waals surface area (Å²) in [7, 11) is 3.61. The summed E-state index contributed by atoms with van der Waals surface area (Å²) in [4.78, 5) is 1.76. The van der Waals surface area contributed by atoms with Crippen LogP contribution in [0.15, 0.2) is 42.5 Å². The van der Waals surface area contributed by atoms with Crippen molar-refractivity contribution >= 4 is 21.9 Å². The molecule has 0 radical (unpaired) electrons. The fourth-order valence-electron chi connectivity index (χ4n) is 2.03. The van der Waals surface area contributed by atoms with Crippen LogP contribution in [-0.2, 0) is 11.1 Å². The zero-order valence-corrected chi connectivity index (χ0v) is 10.6. The second-order valence-corrected chi connectivity index (χ2v) is 5.16. The molecule has 0 spiro atoms. The van der Waals surface area contributed by atoms with E-state index < -0.39 is 16.5 Å². The molecule has 0 bridgehead atoms. The SMILES string of the molecule is CN(C)C(c1cccc2ccccc12)S(=O)O. The zero-order valence-electron chi connectivity index (χ0n) is 9.83. The quantitative estimate of drug-likeness (QED) is 0.850. The average Bonchev–Trinajstić information content (AvgIpc) is 2.28. The summed E-state index contributed by atoms with van der Waals surface area (Å²) in [6.45, 7) is 0. The Bertz CT molecular complexity index is 549. The maximum Gasteiger partial charge on any atom is 0.175 e. The molecule has 1 N–H and O–H groups in total. The molecule has 0 saturated heterocycles. The zero-order chi connectivity index (χ0) is 12.4. The molecule has 17 heavy (non-hydrogen) atoms. The van der Waals surface area contributed by atoms with Gasteiger partial charge in [-0.3, -0.25) is 4.90 Å². The highest BCUT2D eigenvalue weighted by atomic mass is 32.2. The van der Waals surface area contributed by atoms with Crippen LogP contribution < -0.4 is 0 Å². The molecule has 2 atom stereocenters. The fraction of sp³-hybridized carbons (Fsp3) is 0.231. The van der Waals surface area contributed by atoms with Crippen LogP contribution in [0.3, 0.4) is 0 Å². The molecule has 4 heteroatoms. The van der Waals surface area contributed by atoms with Gasteiger partial charge in [-0.05, 0) is 30.4 Å². The molecule has 90 valence electrons. The summed E-state index contributed by atoms with van der Waals surface area (Å²) in [5.41, 5.74) is 0.883. The Hall–Kier alpha value is -1.23. The smallest absolute Gasteiger partial charge is 0.175 e. The van der Waals surface area contributed by atoms with Crippen LogP contribution in [0.5, 0.6) is 0 Å². The second-order valence-electron chi connectivity index (χ2n) is 4.16. The van der Waals surface area contributed by atoms with Crippen molar-refractivity contribution in [2.24, 2.45) is 0 Å². The summed E-state index contributed by atoms with van der Waals surface area (Å²) >= 11 is -1.91. The predicted molar refractivity (Wildman–Crippen MR) is 71.1 cm³/mol. The molecule has 2 aromatic rings. The number of hydrogen-bond acceptors (Lipinski definition) is 2. The third-order valence-electron chi connectivity index (χ3n) is 2.75. The standard InChI is InChI=1S/C13H15NO2S/c1-14(2)13(17(15)16)12-9-5-7-10-6-3-4-8-11(10)12/h3-9,13H,1-2H3,(H,15,16). The van der Waals surface area contributed by atoms with Crippen LogP contribution in [-0.4, -0.2) is 27.8 Å². The van der Waals surface area contributed by atoms with E-state index in [1.165, 1.54) is 0 Å². The monoisotopic (exact) mass is 249 g/mol. The van der Waals surface area contributed by atoms with Gasteiger partial charge in [0.05, 0.1) is 0 Å². The van der Waals surface area contributed by atoms with Crippen LogP contribution in [0.1, 0.15) is 10.9 Å². The van der Waals surface area contributed by atoms with Crippen molar-refractivity contribution in [1.29, 1.82) is 0 Å². The Morgan fingerprint density at radius 1 is 1.12 bits per heavy atom. The molecule has 0 fully saturated rings. The third-order valence-corrected chi connectivity index (χ3v) is 3.81. The van der Waals surface area contributed by atoms with Gasteiger partial charge in [-0.2, -0.15) is 0 Å². The molecule has 2 aromatic carbocycles. The van der Waals surface area contributed by atoms with Gasteiger partial charge in [-0.25, -0.2) is 4.21 Å². The van der Waals surface area contributed by atoms with Crippen molar-refractivity contribution < 1.29 is 8.76 Å². The molecule has 0 aliphatic rings. The number of nitrogens with zero attached hydrogens (tertiary/aromatic N) is 1. The molecular weight excluding hydrogens is 234 g/mol. The first-order valence-electron chi connectivity index (χ1n) is 5.35. The number of hydrogen-bond donors (Lipinski definition) is 1. The van der Waals surface area contributed by atoms with Gasteiger partial charge in [-0.1, -0.05) is 42.5 Å². The Kier molecular flexibility index (Phi) is 3.57. The summed E-state index contributed by atoms with van der Waals surface area (Å²) in [5, 5.41) is 1.61. The summed E-state index contributed by atoms with van der Waals surface area (Å²) in [5.74, 6) is 0. The highest BCUT2D eigenvalue weighted by Crippen LogP contribution is 2.28. The van der Waals surface area contributed by atoms with E-state index in [0.29, 0.717) is 0 Å². The van der Waals surface area contributed by atoms with Gasteiger partial charge < -0.3 is 4.55 Å².